The number of benzene rings is 2. The number of nitrogens with one attached hydrogen (secondary N) is 1. The van der Waals surface area contributed by atoms with Crippen molar-refractivity contribution in [3.63, 3.8) is 0 Å². The number of aryl methyl sites for hydroxylation is 1. The SMILES string of the molecule is Cn1ncc2[nH]c3ccc(Cc4ccccc4[O-])cc3c(=O)c21.[Na+]. The van der Waals surface area contributed by atoms with E-state index in [0.29, 0.717) is 17.3 Å². The molecule has 4 rings (SSSR count). The van der Waals surface area contributed by atoms with Gasteiger partial charge in [-0.15, -0.1) is 5.75 Å². The van der Waals surface area contributed by atoms with Crippen LogP contribution in [0.5, 0.6) is 5.75 Å². The molecule has 0 aliphatic heterocycles. The van der Waals surface area contributed by atoms with Crippen molar-refractivity contribution < 1.29 is 34.7 Å². The maximum Gasteiger partial charge on any atom is 1.00 e. The molecule has 2 heterocycles. The van der Waals surface area contributed by atoms with Gasteiger partial charge in [-0.1, -0.05) is 35.9 Å². The van der Waals surface area contributed by atoms with Gasteiger partial charge < -0.3 is 10.1 Å². The number of aromatic nitrogens is 3. The maximum absolute atomic E-state index is 12.7. The molecule has 0 spiro atoms. The number of H-pyrrole nitrogens is 1. The van der Waals surface area contributed by atoms with Crippen molar-refractivity contribution >= 4 is 21.9 Å². The van der Waals surface area contributed by atoms with Crippen LogP contribution in [0.2, 0.25) is 0 Å². The monoisotopic (exact) mass is 327 g/mol. The Morgan fingerprint density at radius 1 is 1.17 bits per heavy atom. The van der Waals surface area contributed by atoms with E-state index >= 15 is 0 Å². The second-order valence-electron chi connectivity index (χ2n) is 5.65. The van der Waals surface area contributed by atoms with Gasteiger partial charge in [0.15, 0.2) is 0 Å². The van der Waals surface area contributed by atoms with Crippen molar-refractivity contribution in [1.82, 2.24) is 14.8 Å². The van der Waals surface area contributed by atoms with Crippen molar-refractivity contribution in [2.45, 2.75) is 6.42 Å². The van der Waals surface area contributed by atoms with Gasteiger partial charge in [0.25, 0.3) is 0 Å². The Balaban J connectivity index is 0.00000169. The minimum absolute atomic E-state index is 0. The predicted molar refractivity (Wildman–Crippen MR) is 87.5 cm³/mol. The number of aromatic amines is 1. The molecular formula is C18H14N3NaO2. The number of hydrogen-bond donors (Lipinski definition) is 1. The quantitative estimate of drug-likeness (QED) is 0.484. The summed E-state index contributed by atoms with van der Waals surface area (Å²) in [6.07, 6.45) is 2.16. The molecule has 0 saturated carbocycles. The predicted octanol–water partition coefficient (Wildman–Crippen LogP) is -0.917. The maximum atomic E-state index is 12.7. The van der Waals surface area contributed by atoms with Crippen LogP contribution in [0.25, 0.3) is 21.9 Å². The zero-order valence-electron chi connectivity index (χ0n) is 13.5. The molecule has 114 valence electrons. The second kappa shape index (κ2) is 6.43. The molecule has 2 aromatic carbocycles. The van der Waals surface area contributed by atoms with Gasteiger partial charge in [-0.05, 0) is 24.1 Å². The molecule has 4 aromatic rings. The Morgan fingerprint density at radius 3 is 2.75 bits per heavy atom. The molecular weight excluding hydrogens is 313 g/mol. The zero-order valence-corrected chi connectivity index (χ0v) is 15.5. The van der Waals surface area contributed by atoms with E-state index in [-0.39, 0.29) is 40.7 Å². The Kier molecular flexibility index (Phi) is 4.49. The normalized spacial score (nSPS) is 10.9. The van der Waals surface area contributed by atoms with Crippen LogP contribution < -0.4 is 40.1 Å². The standard InChI is InChI=1S/C18H15N3O2.Na/c1-21-17-15(10-19-21)20-14-7-6-11(9-13(14)18(17)23)8-12-4-2-3-5-16(12)22;/h2-7,9-10,22H,8H2,1H3,(H,20,23);/q;+1/p-1. The Morgan fingerprint density at radius 2 is 1.96 bits per heavy atom. The summed E-state index contributed by atoms with van der Waals surface area (Å²) < 4.78 is 1.58. The summed E-state index contributed by atoms with van der Waals surface area (Å²) in [5, 5.41) is 16.6. The van der Waals surface area contributed by atoms with E-state index in [9.17, 15) is 9.90 Å². The van der Waals surface area contributed by atoms with Crippen LogP contribution in [0.15, 0.2) is 53.5 Å². The Labute approximate surface area is 160 Å². The molecule has 0 saturated heterocycles. The molecule has 0 fully saturated rings. The minimum atomic E-state index is -0.0500. The van der Waals surface area contributed by atoms with Crippen molar-refractivity contribution in [3.8, 4) is 5.75 Å². The summed E-state index contributed by atoms with van der Waals surface area (Å²) in [6, 6.07) is 12.6. The molecule has 0 atom stereocenters. The van der Waals surface area contributed by atoms with Crippen LogP contribution in [0.1, 0.15) is 11.1 Å². The summed E-state index contributed by atoms with van der Waals surface area (Å²) >= 11 is 0. The third-order valence-corrected chi connectivity index (χ3v) is 4.12. The fourth-order valence-corrected chi connectivity index (χ4v) is 2.94. The van der Waals surface area contributed by atoms with Crippen LogP contribution in [0, 0.1) is 0 Å². The minimum Gasteiger partial charge on any atom is -0.872 e. The smallest absolute Gasteiger partial charge is 0.872 e. The molecule has 2 aromatic heterocycles. The first kappa shape index (κ1) is 16.8. The van der Waals surface area contributed by atoms with E-state index in [0.717, 1.165) is 22.2 Å². The average Bonchev–Trinajstić information content (AvgIpc) is 2.92. The molecule has 0 aliphatic carbocycles. The number of fused-ring (bicyclic) bond motifs is 2. The Hall–Kier alpha value is -2.08. The van der Waals surface area contributed by atoms with Gasteiger partial charge in [0, 0.05) is 18.0 Å². The van der Waals surface area contributed by atoms with E-state index in [4.69, 9.17) is 0 Å². The average molecular weight is 327 g/mol. The third-order valence-electron chi connectivity index (χ3n) is 4.12. The number of rotatable bonds is 2. The second-order valence-corrected chi connectivity index (χ2v) is 5.65. The van der Waals surface area contributed by atoms with Crippen molar-refractivity contribution in [2.24, 2.45) is 7.05 Å². The third kappa shape index (κ3) is 2.75. The van der Waals surface area contributed by atoms with Crippen molar-refractivity contribution in [3.05, 3.63) is 70.0 Å². The van der Waals surface area contributed by atoms with Crippen molar-refractivity contribution in [2.75, 3.05) is 0 Å². The number of nitrogens with zero attached hydrogens (tertiary/aromatic N) is 2. The van der Waals surface area contributed by atoms with Gasteiger partial charge >= 0.3 is 29.6 Å². The van der Waals surface area contributed by atoms with Gasteiger partial charge in [-0.3, -0.25) is 9.48 Å². The zero-order chi connectivity index (χ0) is 16.0. The van der Waals surface area contributed by atoms with Gasteiger partial charge in [-0.2, -0.15) is 5.10 Å². The van der Waals surface area contributed by atoms with E-state index in [1.54, 1.807) is 30.1 Å². The molecule has 0 bridgehead atoms. The summed E-state index contributed by atoms with van der Waals surface area (Å²) in [7, 11) is 1.75. The van der Waals surface area contributed by atoms with Gasteiger partial charge in [0.05, 0.1) is 11.7 Å². The van der Waals surface area contributed by atoms with Crippen LogP contribution in [0.4, 0.5) is 0 Å². The molecule has 0 radical (unpaired) electrons. The van der Waals surface area contributed by atoms with E-state index in [1.807, 2.05) is 30.3 Å². The molecule has 6 heteroatoms. The van der Waals surface area contributed by atoms with Crippen molar-refractivity contribution in [1.29, 1.82) is 0 Å². The van der Waals surface area contributed by atoms with Crippen LogP contribution in [0.3, 0.4) is 0 Å². The first-order valence-corrected chi connectivity index (χ1v) is 7.35. The van der Waals surface area contributed by atoms with Gasteiger partial charge in [0.1, 0.15) is 5.52 Å². The molecule has 0 amide bonds. The van der Waals surface area contributed by atoms with E-state index in [2.05, 4.69) is 10.1 Å². The van der Waals surface area contributed by atoms with E-state index in [1.165, 1.54) is 0 Å². The molecule has 0 aliphatic rings. The summed E-state index contributed by atoms with van der Waals surface area (Å²) in [5.74, 6) is 0.0172. The molecule has 24 heavy (non-hydrogen) atoms. The number of hydrogen-bond acceptors (Lipinski definition) is 3. The van der Waals surface area contributed by atoms with Crippen LogP contribution in [-0.4, -0.2) is 14.8 Å². The largest absolute Gasteiger partial charge is 1.00 e. The fourth-order valence-electron chi connectivity index (χ4n) is 2.94. The van der Waals surface area contributed by atoms with Crippen LogP contribution in [-0.2, 0) is 13.5 Å². The summed E-state index contributed by atoms with van der Waals surface area (Å²) in [4.78, 5) is 15.9. The van der Waals surface area contributed by atoms with Gasteiger partial charge in [0.2, 0.25) is 5.43 Å². The molecule has 5 nitrogen and oxygen atoms in total. The summed E-state index contributed by atoms with van der Waals surface area (Å²) in [5.41, 5.74) is 3.67. The summed E-state index contributed by atoms with van der Waals surface area (Å²) in [6.45, 7) is 0. The van der Waals surface area contributed by atoms with Crippen LogP contribution >= 0.6 is 0 Å². The molecule has 0 unspecified atom stereocenters. The first-order chi connectivity index (χ1) is 11.1. The Bertz CT molecular complexity index is 1100. The fraction of sp³-hybridized carbons (Fsp3) is 0.111. The first-order valence-electron chi connectivity index (χ1n) is 7.35. The topological polar surface area (TPSA) is 73.7 Å². The molecule has 1 N–H and O–H groups in total. The number of para-hydroxylation sites is 1. The van der Waals surface area contributed by atoms with Gasteiger partial charge in [-0.25, -0.2) is 0 Å². The number of pyridine rings is 1. The van der Waals surface area contributed by atoms with E-state index < -0.39 is 0 Å².